The number of aliphatic hydroxyl groups is 3. The van der Waals surface area contributed by atoms with Gasteiger partial charge in [-0.1, -0.05) is 6.07 Å². The minimum Gasteiger partial charge on any atom is -0.461 e. The molecule has 0 bridgehead atoms. The van der Waals surface area contributed by atoms with Gasteiger partial charge in [-0.25, -0.2) is 4.90 Å². The average molecular weight is 458 g/mol. The van der Waals surface area contributed by atoms with Crippen LogP contribution >= 0.6 is 0 Å². The van der Waals surface area contributed by atoms with Crippen molar-refractivity contribution in [3.63, 3.8) is 0 Å². The van der Waals surface area contributed by atoms with Gasteiger partial charge in [0, 0.05) is 24.0 Å². The number of ether oxygens (including phenoxy) is 1. The van der Waals surface area contributed by atoms with Gasteiger partial charge >= 0.3 is 0 Å². The Bertz CT molecular complexity index is 1130. The average Bonchev–Trinajstić information content (AvgIpc) is 3.48. The number of hydrogen-bond donors (Lipinski definition) is 3. The van der Waals surface area contributed by atoms with Gasteiger partial charge in [0.15, 0.2) is 5.79 Å². The maximum absolute atomic E-state index is 13.5. The molecule has 1 saturated carbocycles. The molecule has 3 fully saturated rings. The van der Waals surface area contributed by atoms with Crippen LogP contribution in [0, 0.1) is 33.8 Å². The van der Waals surface area contributed by atoms with Gasteiger partial charge in [-0.05, 0) is 31.0 Å². The normalized spacial score (nSPS) is 33.3. The van der Waals surface area contributed by atoms with Crippen LogP contribution in [0.4, 0.5) is 11.4 Å². The molecule has 1 aromatic heterocycles. The molecular weight excluding hydrogens is 436 g/mol. The Labute approximate surface area is 187 Å². The van der Waals surface area contributed by atoms with Gasteiger partial charge in [-0.2, -0.15) is 0 Å². The molecule has 5 rings (SSSR count). The lowest BCUT2D eigenvalue weighted by molar-refractivity contribution is -0.384. The zero-order valence-corrected chi connectivity index (χ0v) is 17.4. The standard InChI is InChI=1S/C22H22N2O9/c25-9-11-6-15-19(16-8-18(33-22(11,16)29)17-5-4-14(10-26)32-17)21(28)23(20(15)27)12-2-1-3-13(7-12)24(30)31/h1-5,7,11,15-16,18-19,25-26,29H,6,8-10H2/t11-,15+,16+,18+,19+,22-/m1/s1. The fraction of sp³-hybridized carbons (Fsp3) is 0.455. The van der Waals surface area contributed by atoms with Gasteiger partial charge in [0.25, 0.3) is 5.69 Å². The fourth-order valence-electron chi connectivity index (χ4n) is 5.52. The van der Waals surface area contributed by atoms with Crippen LogP contribution in [-0.2, 0) is 20.9 Å². The van der Waals surface area contributed by atoms with E-state index < -0.39 is 58.9 Å². The quantitative estimate of drug-likeness (QED) is 0.340. The van der Waals surface area contributed by atoms with E-state index in [9.17, 15) is 35.0 Å². The summed E-state index contributed by atoms with van der Waals surface area (Å²) in [7, 11) is 0. The molecule has 0 unspecified atom stereocenters. The molecule has 1 aliphatic carbocycles. The molecule has 33 heavy (non-hydrogen) atoms. The number of anilines is 1. The van der Waals surface area contributed by atoms with E-state index in [0.29, 0.717) is 11.5 Å². The molecule has 2 saturated heterocycles. The first kappa shape index (κ1) is 21.7. The van der Waals surface area contributed by atoms with Gasteiger partial charge in [-0.15, -0.1) is 0 Å². The predicted octanol–water partition coefficient (Wildman–Crippen LogP) is 1.26. The number of nitrogens with zero attached hydrogens (tertiary/aromatic N) is 2. The molecule has 2 aromatic rings. The van der Waals surface area contributed by atoms with E-state index in [-0.39, 0.29) is 30.8 Å². The van der Waals surface area contributed by atoms with Crippen LogP contribution in [0.5, 0.6) is 0 Å². The second-order valence-electron chi connectivity index (χ2n) is 8.70. The van der Waals surface area contributed by atoms with Crippen molar-refractivity contribution in [3.05, 3.63) is 58.0 Å². The lowest BCUT2D eigenvalue weighted by atomic mass is 9.64. The van der Waals surface area contributed by atoms with Gasteiger partial charge in [0.2, 0.25) is 11.8 Å². The number of rotatable bonds is 5. The van der Waals surface area contributed by atoms with Crippen LogP contribution in [0.2, 0.25) is 0 Å². The molecule has 3 N–H and O–H groups in total. The molecule has 3 aliphatic rings. The van der Waals surface area contributed by atoms with E-state index in [1.54, 1.807) is 12.1 Å². The van der Waals surface area contributed by atoms with E-state index in [2.05, 4.69) is 0 Å². The molecular formula is C22H22N2O9. The summed E-state index contributed by atoms with van der Waals surface area (Å²) in [6.45, 7) is -0.767. The molecule has 11 heteroatoms. The molecule has 2 aliphatic heterocycles. The van der Waals surface area contributed by atoms with E-state index in [4.69, 9.17) is 9.15 Å². The maximum Gasteiger partial charge on any atom is 0.271 e. The van der Waals surface area contributed by atoms with Crippen LogP contribution in [0.3, 0.4) is 0 Å². The number of non-ortho nitro benzene ring substituents is 1. The molecule has 3 heterocycles. The van der Waals surface area contributed by atoms with Crippen LogP contribution < -0.4 is 4.90 Å². The first-order chi connectivity index (χ1) is 15.8. The van der Waals surface area contributed by atoms with Crippen molar-refractivity contribution in [2.45, 2.75) is 31.3 Å². The zero-order valence-electron chi connectivity index (χ0n) is 17.4. The van der Waals surface area contributed by atoms with Crippen molar-refractivity contribution in [3.8, 4) is 0 Å². The Morgan fingerprint density at radius 2 is 1.94 bits per heavy atom. The van der Waals surface area contributed by atoms with E-state index in [1.807, 2.05) is 0 Å². The number of nitro groups is 1. The minimum absolute atomic E-state index is 0.0247. The third-order valence-corrected chi connectivity index (χ3v) is 7.04. The van der Waals surface area contributed by atoms with Crippen molar-refractivity contribution in [2.24, 2.45) is 23.7 Å². The van der Waals surface area contributed by atoms with Crippen LogP contribution in [0.25, 0.3) is 0 Å². The van der Waals surface area contributed by atoms with Gasteiger partial charge in [0.05, 0.1) is 29.1 Å². The van der Waals surface area contributed by atoms with Crippen LogP contribution in [0.1, 0.15) is 30.5 Å². The number of imide groups is 1. The number of hydrogen-bond acceptors (Lipinski definition) is 9. The molecule has 0 radical (unpaired) electrons. The highest BCUT2D eigenvalue weighted by Crippen LogP contribution is 2.58. The molecule has 2 amide bonds. The first-order valence-corrected chi connectivity index (χ1v) is 10.6. The summed E-state index contributed by atoms with van der Waals surface area (Å²) in [5.74, 6) is -5.60. The lowest BCUT2D eigenvalue weighted by Gasteiger charge is -2.43. The first-order valence-electron chi connectivity index (χ1n) is 10.6. The SMILES string of the molecule is O=C1[C@H]2[C@H](C[C@H](CO)[C@@]3(O)O[C@H](c4ccc(CO)o4)C[C@@H]23)C(=O)N1c1cccc([N+](=O)[O-])c1. The summed E-state index contributed by atoms with van der Waals surface area (Å²) in [6.07, 6.45) is -0.548. The summed E-state index contributed by atoms with van der Waals surface area (Å²) < 4.78 is 11.5. The summed E-state index contributed by atoms with van der Waals surface area (Å²) >= 11 is 0. The highest BCUT2D eigenvalue weighted by molar-refractivity contribution is 6.22. The maximum atomic E-state index is 13.5. The number of benzene rings is 1. The predicted molar refractivity (Wildman–Crippen MR) is 109 cm³/mol. The largest absolute Gasteiger partial charge is 0.461 e. The topological polar surface area (TPSA) is 164 Å². The highest BCUT2D eigenvalue weighted by Gasteiger charge is 2.67. The highest BCUT2D eigenvalue weighted by atomic mass is 16.6. The second-order valence-corrected chi connectivity index (χ2v) is 8.70. The van der Waals surface area contributed by atoms with Crippen LogP contribution in [-0.4, -0.2) is 44.5 Å². The number of fused-ring (bicyclic) bond motifs is 3. The Morgan fingerprint density at radius 1 is 1.15 bits per heavy atom. The Hall–Kier alpha value is -3.12. The molecule has 11 nitrogen and oxygen atoms in total. The van der Waals surface area contributed by atoms with E-state index in [1.165, 1.54) is 18.2 Å². The third-order valence-electron chi connectivity index (χ3n) is 7.04. The third kappa shape index (κ3) is 3.19. The Kier molecular flexibility index (Phi) is 5.09. The number of furan rings is 1. The van der Waals surface area contributed by atoms with Crippen molar-refractivity contribution in [2.75, 3.05) is 11.5 Å². The summed E-state index contributed by atoms with van der Waals surface area (Å²) in [5, 5.41) is 41.8. The fourth-order valence-corrected chi connectivity index (χ4v) is 5.52. The van der Waals surface area contributed by atoms with Crippen molar-refractivity contribution >= 4 is 23.2 Å². The zero-order chi connectivity index (χ0) is 23.5. The number of aliphatic hydroxyl groups excluding tert-OH is 2. The number of nitro benzene ring substituents is 1. The molecule has 174 valence electrons. The van der Waals surface area contributed by atoms with Crippen molar-refractivity contribution in [1.82, 2.24) is 0 Å². The van der Waals surface area contributed by atoms with Gasteiger partial charge < -0.3 is 24.5 Å². The van der Waals surface area contributed by atoms with Gasteiger partial charge in [0.1, 0.15) is 24.2 Å². The van der Waals surface area contributed by atoms with Gasteiger partial charge in [-0.3, -0.25) is 19.7 Å². The van der Waals surface area contributed by atoms with E-state index in [0.717, 1.165) is 11.0 Å². The summed E-state index contributed by atoms with van der Waals surface area (Å²) in [6, 6.07) is 8.46. The second kappa shape index (κ2) is 7.73. The number of amides is 2. The van der Waals surface area contributed by atoms with Crippen molar-refractivity contribution < 1.29 is 39.0 Å². The number of carbonyl (C=O) groups is 2. The number of carbonyl (C=O) groups excluding carboxylic acids is 2. The Balaban J connectivity index is 1.51. The molecule has 6 atom stereocenters. The Morgan fingerprint density at radius 3 is 2.61 bits per heavy atom. The smallest absolute Gasteiger partial charge is 0.271 e. The molecule has 0 spiro atoms. The minimum atomic E-state index is -1.86. The van der Waals surface area contributed by atoms with Crippen LogP contribution in [0.15, 0.2) is 40.8 Å². The summed E-state index contributed by atoms with van der Waals surface area (Å²) in [4.78, 5) is 38.2. The van der Waals surface area contributed by atoms with Crippen molar-refractivity contribution in [1.29, 1.82) is 0 Å². The monoisotopic (exact) mass is 458 g/mol. The summed E-state index contributed by atoms with van der Waals surface area (Å²) in [5.41, 5.74) is -0.166. The molecule has 1 aromatic carbocycles. The van der Waals surface area contributed by atoms with E-state index >= 15 is 0 Å². The lowest BCUT2D eigenvalue weighted by Crippen LogP contribution is -2.54.